The van der Waals surface area contributed by atoms with E-state index in [1.54, 1.807) is 0 Å². The Morgan fingerprint density at radius 1 is 1.62 bits per heavy atom. The molecule has 4 heteroatoms. The van der Waals surface area contributed by atoms with Crippen molar-refractivity contribution in [3.63, 3.8) is 0 Å². The Morgan fingerprint density at radius 2 is 2.23 bits per heavy atom. The normalized spacial score (nSPS) is 31.8. The predicted octanol–water partition coefficient (Wildman–Crippen LogP) is 0.716. The van der Waals surface area contributed by atoms with Crippen molar-refractivity contribution >= 4 is 9.84 Å². The van der Waals surface area contributed by atoms with Crippen molar-refractivity contribution in [1.29, 1.82) is 0 Å². The maximum atomic E-state index is 11.3. The van der Waals surface area contributed by atoms with Gasteiger partial charge in [0, 0.05) is 5.41 Å². The standard InChI is InChI=1S/C9H17NO2S/c1-8(2)5-9(6-10)3-4-13(11,12)7-9/h1,3-7,10H2,2H3. The third-order valence-electron chi connectivity index (χ3n) is 2.58. The van der Waals surface area contributed by atoms with E-state index in [9.17, 15) is 8.42 Å². The average Bonchev–Trinajstić information content (AvgIpc) is 2.26. The molecule has 2 N–H and O–H groups in total. The fraction of sp³-hybridized carbons (Fsp3) is 0.778. The summed E-state index contributed by atoms with van der Waals surface area (Å²) in [6, 6.07) is 0. The molecule has 1 fully saturated rings. The molecule has 1 heterocycles. The Kier molecular flexibility index (Phi) is 2.82. The van der Waals surface area contributed by atoms with Crippen molar-refractivity contribution < 1.29 is 8.42 Å². The molecule has 0 radical (unpaired) electrons. The number of hydrogen-bond donors (Lipinski definition) is 1. The van der Waals surface area contributed by atoms with Crippen LogP contribution < -0.4 is 5.73 Å². The molecule has 1 aliphatic rings. The molecule has 0 spiro atoms. The molecule has 1 aliphatic heterocycles. The van der Waals surface area contributed by atoms with Crippen LogP contribution in [0, 0.1) is 5.41 Å². The van der Waals surface area contributed by atoms with Crippen LogP contribution in [0.2, 0.25) is 0 Å². The number of allylic oxidation sites excluding steroid dienone is 1. The maximum absolute atomic E-state index is 11.3. The van der Waals surface area contributed by atoms with Crippen LogP contribution in [0.15, 0.2) is 12.2 Å². The minimum Gasteiger partial charge on any atom is -0.330 e. The number of rotatable bonds is 3. The van der Waals surface area contributed by atoms with Gasteiger partial charge in [0.1, 0.15) is 0 Å². The summed E-state index contributed by atoms with van der Waals surface area (Å²) in [5.41, 5.74) is 6.43. The largest absolute Gasteiger partial charge is 0.330 e. The van der Waals surface area contributed by atoms with Crippen LogP contribution in [0.1, 0.15) is 19.8 Å². The fourth-order valence-corrected chi connectivity index (χ4v) is 4.18. The zero-order valence-corrected chi connectivity index (χ0v) is 8.86. The minimum atomic E-state index is -2.83. The van der Waals surface area contributed by atoms with E-state index in [4.69, 9.17) is 5.73 Å². The summed E-state index contributed by atoms with van der Waals surface area (Å²) >= 11 is 0. The first-order valence-corrected chi connectivity index (χ1v) is 6.26. The van der Waals surface area contributed by atoms with E-state index in [1.165, 1.54) is 0 Å². The second kappa shape index (κ2) is 3.42. The highest BCUT2D eigenvalue weighted by Crippen LogP contribution is 2.36. The highest BCUT2D eigenvalue weighted by Gasteiger charge is 2.40. The van der Waals surface area contributed by atoms with Gasteiger partial charge in [-0.15, -0.1) is 6.58 Å². The summed E-state index contributed by atoms with van der Waals surface area (Å²) in [6.45, 7) is 6.17. The van der Waals surface area contributed by atoms with E-state index >= 15 is 0 Å². The van der Waals surface area contributed by atoms with Crippen LogP contribution in [0.5, 0.6) is 0 Å². The Morgan fingerprint density at radius 3 is 2.54 bits per heavy atom. The quantitative estimate of drug-likeness (QED) is 0.687. The molecule has 76 valence electrons. The Bertz CT molecular complexity index is 308. The third kappa shape index (κ3) is 2.54. The zero-order chi connectivity index (χ0) is 10.1. The summed E-state index contributed by atoms with van der Waals surface area (Å²) < 4.78 is 22.6. The second-order valence-electron chi connectivity index (χ2n) is 4.18. The lowest BCUT2D eigenvalue weighted by Gasteiger charge is -2.25. The predicted molar refractivity (Wildman–Crippen MR) is 54.2 cm³/mol. The van der Waals surface area contributed by atoms with E-state index in [0.29, 0.717) is 13.0 Å². The van der Waals surface area contributed by atoms with E-state index in [0.717, 1.165) is 12.0 Å². The first kappa shape index (κ1) is 10.7. The lowest BCUT2D eigenvalue weighted by molar-refractivity contribution is 0.344. The zero-order valence-electron chi connectivity index (χ0n) is 8.04. The van der Waals surface area contributed by atoms with E-state index < -0.39 is 9.84 Å². The lowest BCUT2D eigenvalue weighted by atomic mass is 9.82. The SMILES string of the molecule is C=C(C)CC1(CN)CCS(=O)(=O)C1. The molecular weight excluding hydrogens is 186 g/mol. The minimum absolute atomic E-state index is 0.218. The average molecular weight is 203 g/mol. The molecule has 3 nitrogen and oxygen atoms in total. The van der Waals surface area contributed by atoms with Crippen molar-refractivity contribution in [2.75, 3.05) is 18.1 Å². The highest BCUT2D eigenvalue weighted by molar-refractivity contribution is 7.91. The number of sulfone groups is 1. The summed E-state index contributed by atoms with van der Waals surface area (Å²) in [5.74, 6) is 0.529. The lowest BCUT2D eigenvalue weighted by Crippen LogP contribution is -2.31. The van der Waals surface area contributed by atoms with Gasteiger partial charge in [-0.1, -0.05) is 5.57 Å². The highest BCUT2D eigenvalue weighted by atomic mass is 32.2. The molecular formula is C9H17NO2S. The summed E-state index contributed by atoms with van der Waals surface area (Å²) in [6.07, 6.45) is 1.43. The maximum Gasteiger partial charge on any atom is 0.150 e. The van der Waals surface area contributed by atoms with Gasteiger partial charge in [-0.25, -0.2) is 8.42 Å². The van der Waals surface area contributed by atoms with Crippen LogP contribution in [0.25, 0.3) is 0 Å². The fourth-order valence-electron chi connectivity index (χ4n) is 2.00. The topological polar surface area (TPSA) is 60.2 Å². The van der Waals surface area contributed by atoms with Crippen molar-refractivity contribution in [2.24, 2.45) is 11.1 Å². The molecule has 0 aromatic heterocycles. The van der Waals surface area contributed by atoms with Crippen molar-refractivity contribution in [2.45, 2.75) is 19.8 Å². The van der Waals surface area contributed by atoms with E-state index in [-0.39, 0.29) is 16.9 Å². The molecule has 1 saturated heterocycles. The Hall–Kier alpha value is -0.350. The summed E-state index contributed by atoms with van der Waals surface area (Å²) in [5, 5.41) is 0. The summed E-state index contributed by atoms with van der Waals surface area (Å²) in [7, 11) is -2.83. The third-order valence-corrected chi connectivity index (χ3v) is 4.46. The van der Waals surface area contributed by atoms with Crippen molar-refractivity contribution in [3.05, 3.63) is 12.2 Å². The molecule has 0 amide bonds. The molecule has 0 aromatic carbocycles. The van der Waals surface area contributed by atoms with Gasteiger partial charge in [0.05, 0.1) is 11.5 Å². The molecule has 0 aromatic rings. The smallest absolute Gasteiger partial charge is 0.150 e. The molecule has 0 bridgehead atoms. The van der Waals surface area contributed by atoms with Crippen molar-refractivity contribution in [3.8, 4) is 0 Å². The van der Waals surface area contributed by atoms with Gasteiger partial charge in [0.2, 0.25) is 0 Å². The van der Waals surface area contributed by atoms with Gasteiger partial charge in [-0.3, -0.25) is 0 Å². The molecule has 0 saturated carbocycles. The first-order chi connectivity index (χ1) is 5.89. The first-order valence-electron chi connectivity index (χ1n) is 4.44. The molecule has 0 aliphatic carbocycles. The van der Waals surface area contributed by atoms with Gasteiger partial charge in [0.15, 0.2) is 9.84 Å². The van der Waals surface area contributed by atoms with Gasteiger partial charge in [0.25, 0.3) is 0 Å². The van der Waals surface area contributed by atoms with Crippen LogP contribution >= 0.6 is 0 Å². The van der Waals surface area contributed by atoms with Gasteiger partial charge in [-0.05, 0) is 26.3 Å². The molecule has 1 rings (SSSR count). The van der Waals surface area contributed by atoms with Gasteiger partial charge >= 0.3 is 0 Å². The number of hydrogen-bond acceptors (Lipinski definition) is 3. The Balaban J connectivity index is 2.80. The number of nitrogens with two attached hydrogens (primary N) is 1. The van der Waals surface area contributed by atoms with E-state index in [1.807, 2.05) is 6.92 Å². The van der Waals surface area contributed by atoms with Crippen LogP contribution in [-0.4, -0.2) is 26.5 Å². The van der Waals surface area contributed by atoms with Gasteiger partial charge in [-0.2, -0.15) is 0 Å². The van der Waals surface area contributed by atoms with Crippen LogP contribution in [0.4, 0.5) is 0 Å². The monoisotopic (exact) mass is 203 g/mol. The van der Waals surface area contributed by atoms with Gasteiger partial charge < -0.3 is 5.73 Å². The van der Waals surface area contributed by atoms with E-state index in [2.05, 4.69) is 6.58 Å². The van der Waals surface area contributed by atoms with Crippen molar-refractivity contribution in [1.82, 2.24) is 0 Å². The van der Waals surface area contributed by atoms with Crippen LogP contribution in [-0.2, 0) is 9.84 Å². The molecule has 1 atom stereocenters. The molecule has 13 heavy (non-hydrogen) atoms. The second-order valence-corrected chi connectivity index (χ2v) is 6.36. The summed E-state index contributed by atoms with van der Waals surface area (Å²) in [4.78, 5) is 0. The van der Waals surface area contributed by atoms with Crippen LogP contribution in [0.3, 0.4) is 0 Å². The Labute approximate surface area is 79.9 Å². The molecule has 1 unspecified atom stereocenters.